The summed E-state index contributed by atoms with van der Waals surface area (Å²) >= 11 is 19.2. The van der Waals surface area contributed by atoms with Crippen molar-refractivity contribution in [1.82, 2.24) is 0 Å². The lowest BCUT2D eigenvalue weighted by Gasteiger charge is -2.13. The topological polar surface area (TPSA) is 18.5 Å². The first kappa shape index (κ1) is 17.6. The Labute approximate surface area is 166 Å². The van der Waals surface area contributed by atoms with Crippen LogP contribution in [0.1, 0.15) is 0 Å². The summed E-state index contributed by atoms with van der Waals surface area (Å²) in [5, 5.41) is 1.08. The van der Waals surface area contributed by atoms with Gasteiger partial charge in [-0.3, -0.25) is 0 Å². The number of hydrogen-bond acceptors (Lipinski definition) is 2. The standard InChI is InChI=1S/C18H10Br2Cl2O2/c19-11-10-18(24-16-8-4-2-6-14(16)22)12(20)9-17(11)23-15-7-3-1-5-13(15)21/h1-10H. The summed E-state index contributed by atoms with van der Waals surface area (Å²) in [5.41, 5.74) is 0. The van der Waals surface area contributed by atoms with Crippen molar-refractivity contribution in [3.63, 3.8) is 0 Å². The number of ether oxygens (including phenoxy) is 2. The van der Waals surface area contributed by atoms with Crippen LogP contribution in [0.2, 0.25) is 10.0 Å². The Bertz CT molecular complexity index is 811. The van der Waals surface area contributed by atoms with E-state index in [0.717, 1.165) is 8.95 Å². The van der Waals surface area contributed by atoms with E-state index in [1.165, 1.54) is 0 Å². The van der Waals surface area contributed by atoms with Gasteiger partial charge in [0.1, 0.15) is 23.0 Å². The van der Waals surface area contributed by atoms with E-state index in [9.17, 15) is 0 Å². The lowest BCUT2D eigenvalue weighted by atomic mass is 10.3. The fourth-order valence-corrected chi connectivity index (χ4v) is 3.11. The van der Waals surface area contributed by atoms with Crippen LogP contribution in [-0.4, -0.2) is 0 Å². The first-order valence-corrected chi connectivity index (χ1v) is 9.22. The average Bonchev–Trinajstić information content (AvgIpc) is 2.56. The largest absolute Gasteiger partial charge is 0.455 e. The van der Waals surface area contributed by atoms with Gasteiger partial charge >= 0.3 is 0 Å². The summed E-state index contributed by atoms with van der Waals surface area (Å²) in [4.78, 5) is 0. The minimum Gasteiger partial charge on any atom is -0.455 e. The number of hydrogen-bond donors (Lipinski definition) is 0. The second-order valence-electron chi connectivity index (χ2n) is 4.78. The third kappa shape index (κ3) is 4.06. The smallest absolute Gasteiger partial charge is 0.146 e. The molecule has 0 fully saturated rings. The van der Waals surface area contributed by atoms with Gasteiger partial charge in [0.25, 0.3) is 0 Å². The van der Waals surface area contributed by atoms with Crippen LogP contribution in [0.5, 0.6) is 23.0 Å². The maximum atomic E-state index is 6.13. The van der Waals surface area contributed by atoms with Crippen LogP contribution in [0.25, 0.3) is 0 Å². The van der Waals surface area contributed by atoms with Crippen molar-refractivity contribution in [3.05, 3.63) is 79.7 Å². The van der Waals surface area contributed by atoms with Crippen LogP contribution < -0.4 is 9.47 Å². The zero-order valence-corrected chi connectivity index (χ0v) is 16.8. The molecule has 0 aromatic heterocycles. The molecule has 0 aliphatic rings. The van der Waals surface area contributed by atoms with Gasteiger partial charge in [-0.15, -0.1) is 0 Å². The van der Waals surface area contributed by atoms with Gasteiger partial charge in [-0.1, -0.05) is 47.5 Å². The van der Waals surface area contributed by atoms with E-state index in [-0.39, 0.29) is 0 Å². The van der Waals surface area contributed by atoms with E-state index in [4.69, 9.17) is 32.7 Å². The Morgan fingerprint density at radius 2 is 0.958 bits per heavy atom. The maximum Gasteiger partial charge on any atom is 0.146 e. The number of para-hydroxylation sites is 2. The molecule has 24 heavy (non-hydrogen) atoms. The second kappa shape index (κ2) is 7.79. The van der Waals surface area contributed by atoms with Gasteiger partial charge in [0.05, 0.1) is 19.0 Å². The molecular formula is C18H10Br2Cl2O2. The predicted octanol–water partition coefficient (Wildman–Crippen LogP) is 8.10. The summed E-state index contributed by atoms with van der Waals surface area (Å²) in [6.07, 6.45) is 0. The Morgan fingerprint density at radius 1 is 0.583 bits per heavy atom. The fourth-order valence-electron chi connectivity index (χ4n) is 1.96. The molecule has 122 valence electrons. The van der Waals surface area contributed by atoms with E-state index >= 15 is 0 Å². The van der Waals surface area contributed by atoms with Crippen molar-refractivity contribution in [2.24, 2.45) is 0 Å². The lowest BCUT2D eigenvalue weighted by Crippen LogP contribution is -1.90. The molecule has 3 rings (SSSR count). The van der Waals surface area contributed by atoms with Crippen molar-refractivity contribution in [2.75, 3.05) is 0 Å². The first-order chi connectivity index (χ1) is 11.5. The van der Waals surface area contributed by atoms with Crippen molar-refractivity contribution in [2.45, 2.75) is 0 Å². The summed E-state index contributed by atoms with van der Waals surface area (Å²) in [5.74, 6) is 2.38. The summed E-state index contributed by atoms with van der Waals surface area (Å²) < 4.78 is 13.2. The predicted molar refractivity (Wildman–Crippen MR) is 105 cm³/mol. The molecule has 0 radical (unpaired) electrons. The van der Waals surface area contributed by atoms with Crippen molar-refractivity contribution in [1.29, 1.82) is 0 Å². The van der Waals surface area contributed by atoms with Crippen LogP contribution in [0, 0.1) is 0 Å². The molecule has 0 heterocycles. The Kier molecular flexibility index (Phi) is 5.72. The van der Waals surface area contributed by atoms with E-state index in [2.05, 4.69) is 31.9 Å². The van der Waals surface area contributed by atoms with Crippen LogP contribution in [0.4, 0.5) is 0 Å². The lowest BCUT2D eigenvalue weighted by molar-refractivity contribution is 0.464. The third-order valence-electron chi connectivity index (χ3n) is 3.10. The highest BCUT2D eigenvalue weighted by Gasteiger charge is 2.13. The highest BCUT2D eigenvalue weighted by molar-refractivity contribution is 9.11. The zero-order valence-electron chi connectivity index (χ0n) is 12.1. The quantitative estimate of drug-likeness (QED) is 0.369. The fraction of sp³-hybridized carbons (Fsp3) is 0. The molecule has 0 aliphatic carbocycles. The molecular weight excluding hydrogens is 479 g/mol. The zero-order chi connectivity index (χ0) is 17.1. The molecule has 6 heteroatoms. The monoisotopic (exact) mass is 486 g/mol. The SMILES string of the molecule is Clc1ccccc1Oc1cc(Br)c(Oc2ccccc2Cl)cc1Br. The first-order valence-electron chi connectivity index (χ1n) is 6.88. The van der Waals surface area contributed by atoms with Gasteiger partial charge in [-0.25, -0.2) is 0 Å². The molecule has 0 N–H and O–H groups in total. The van der Waals surface area contributed by atoms with Crippen molar-refractivity contribution in [3.8, 4) is 23.0 Å². The van der Waals surface area contributed by atoms with Crippen molar-refractivity contribution < 1.29 is 9.47 Å². The van der Waals surface area contributed by atoms with Crippen LogP contribution >= 0.6 is 55.1 Å². The van der Waals surface area contributed by atoms with Gasteiger partial charge < -0.3 is 9.47 Å². The highest BCUT2D eigenvalue weighted by Crippen LogP contribution is 2.41. The van der Waals surface area contributed by atoms with Gasteiger partial charge in [-0.2, -0.15) is 0 Å². The van der Waals surface area contributed by atoms with E-state index in [1.54, 1.807) is 36.4 Å². The summed E-state index contributed by atoms with van der Waals surface area (Å²) in [6.45, 7) is 0. The van der Waals surface area contributed by atoms with Crippen LogP contribution in [0.3, 0.4) is 0 Å². The maximum absolute atomic E-state index is 6.13. The molecule has 0 atom stereocenters. The molecule has 0 unspecified atom stereocenters. The second-order valence-corrected chi connectivity index (χ2v) is 7.30. The molecule has 3 aromatic carbocycles. The third-order valence-corrected chi connectivity index (χ3v) is 4.96. The number of rotatable bonds is 4. The highest BCUT2D eigenvalue weighted by atomic mass is 79.9. The normalized spacial score (nSPS) is 10.5. The number of benzene rings is 3. The summed E-state index contributed by atoms with van der Waals surface area (Å²) in [7, 11) is 0. The van der Waals surface area contributed by atoms with E-state index in [0.29, 0.717) is 33.0 Å². The minimum absolute atomic E-state index is 0.539. The minimum atomic E-state index is 0.539. The van der Waals surface area contributed by atoms with Crippen LogP contribution in [0.15, 0.2) is 69.6 Å². The van der Waals surface area contributed by atoms with E-state index < -0.39 is 0 Å². The van der Waals surface area contributed by atoms with Crippen molar-refractivity contribution >= 4 is 55.1 Å². The molecule has 2 nitrogen and oxygen atoms in total. The van der Waals surface area contributed by atoms with E-state index in [1.807, 2.05) is 24.3 Å². The van der Waals surface area contributed by atoms with Gasteiger partial charge in [0, 0.05) is 0 Å². The molecule has 0 bridgehead atoms. The molecule has 3 aromatic rings. The molecule has 0 aliphatic heterocycles. The Balaban J connectivity index is 1.89. The Hall–Kier alpha value is -1.20. The molecule has 0 saturated heterocycles. The Morgan fingerprint density at radius 3 is 1.33 bits per heavy atom. The van der Waals surface area contributed by atoms with Gasteiger partial charge in [-0.05, 0) is 68.3 Å². The molecule has 0 amide bonds. The number of halogens is 4. The van der Waals surface area contributed by atoms with Crippen LogP contribution in [-0.2, 0) is 0 Å². The average molecular weight is 489 g/mol. The van der Waals surface area contributed by atoms with Gasteiger partial charge in [0.15, 0.2) is 0 Å². The van der Waals surface area contributed by atoms with Gasteiger partial charge in [0.2, 0.25) is 0 Å². The molecule has 0 spiro atoms. The molecule has 0 saturated carbocycles. The summed E-state index contributed by atoms with van der Waals surface area (Å²) in [6, 6.07) is 18.2.